The Hall–Kier alpha value is -2.14. The SMILES string of the molecule is O=C(/C=C/c1ccc(Cl)cc1Cl)Nc1cc(S(=O)(=O)N2CCOCC2)ccc1N1CCOCC1. The molecule has 4 rings (SSSR count). The number of hydrogen-bond donors (Lipinski definition) is 1. The summed E-state index contributed by atoms with van der Waals surface area (Å²) in [4.78, 5) is 15.0. The van der Waals surface area contributed by atoms with Crippen molar-refractivity contribution in [1.29, 1.82) is 0 Å². The molecule has 0 spiro atoms. The van der Waals surface area contributed by atoms with Gasteiger partial charge in [-0.2, -0.15) is 4.31 Å². The van der Waals surface area contributed by atoms with Gasteiger partial charge in [0.1, 0.15) is 0 Å². The van der Waals surface area contributed by atoms with Crippen LogP contribution in [0.5, 0.6) is 0 Å². The summed E-state index contributed by atoms with van der Waals surface area (Å²) in [5.41, 5.74) is 1.78. The molecule has 8 nitrogen and oxygen atoms in total. The third-order valence-electron chi connectivity index (χ3n) is 5.56. The molecule has 0 aromatic heterocycles. The van der Waals surface area contributed by atoms with Crippen LogP contribution in [-0.4, -0.2) is 71.2 Å². The summed E-state index contributed by atoms with van der Waals surface area (Å²) < 4.78 is 38.5. The zero-order valence-corrected chi connectivity index (χ0v) is 20.7. The molecule has 182 valence electrons. The lowest BCUT2D eigenvalue weighted by molar-refractivity contribution is -0.111. The number of morpholine rings is 2. The Morgan fingerprint density at radius 2 is 1.62 bits per heavy atom. The van der Waals surface area contributed by atoms with Crippen LogP contribution < -0.4 is 10.2 Å². The average Bonchev–Trinajstić information content (AvgIpc) is 2.84. The highest BCUT2D eigenvalue weighted by molar-refractivity contribution is 7.89. The van der Waals surface area contributed by atoms with Gasteiger partial charge in [-0.25, -0.2) is 8.42 Å². The Morgan fingerprint density at radius 1 is 0.941 bits per heavy atom. The third kappa shape index (κ3) is 5.91. The van der Waals surface area contributed by atoms with Gasteiger partial charge in [-0.1, -0.05) is 29.3 Å². The van der Waals surface area contributed by atoms with Gasteiger partial charge in [-0.05, 0) is 42.0 Å². The normalized spacial score (nSPS) is 17.8. The molecule has 0 aliphatic carbocycles. The number of anilines is 2. The molecule has 1 N–H and O–H groups in total. The van der Waals surface area contributed by atoms with Crippen LogP contribution in [0.2, 0.25) is 10.0 Å². The number of sulfonamides is 1. The molecule has 0 atom stereocenters. The number of amides is 1. The summed E-state index contributed by atoms with van der Waals surface area (Å²) in [6, 6.07) is 9.81. The van der Waals surface area contributed by atoms with E-state index >= 15 is 0 Å². The predicted octanol–water partition coefficient (Wildman–Crippen LogP) is 3.50. The molecule has 0 saturated carbocycles. The van der Waals surface area contributed by atoms with Crippen molar-refractivity contribution in [3.05, 3.63) is 58.1 Å². The van der Waals surface area contributed by atoms with Crippen molar-refractivity contribution < 1.29 is 22.7 Å². The summed E-state index contributed by atoms with van der Waals surface area (Å²) in [5, 5.41) is 3.76. The van der Waals surface area contributed by atoms with Gasteiger partial charge < -0.3 is 19.7 Å². The molecule has 2 fully saturated rings. The lowest BCUT2D eigenvalue weighted by Gasteiger charge is -2.31. The number of nitrogens with zero attached hydrogens (tertiary/aromatic N) is 2. The van der Waals surface area contributed by atoms with Crippen molar-refractivity contribution >= 4 is 56.6 Å². The van der Waals surface area contributed by atoms with Crippen molar-refractivity contribution in [3.8, 4) is 0 Å². The monoisotopic (exact) mass is 525 g/mol. The van der Waals surface area contributed by atoms with E-state index in [1.807, 2.05) is 0 Å². The van der Waals surface area contributed by atoms with Crippen LogP contribution >= 0.6 is 23.2 Å². The minimum atomic E-state index is -3.72. The Kier molecular flexibility index (Phi) is 8.13. The molecule has 1 amide bonds. The van der Waals surface area contributed by atoms with Gasteiger partial charge in [0.05, 0.1) is 42.7 Å². The van der Waals surface area contributed by atoms with E-state index in [0.29, 0.717) is 73.9 Å². The maximum absolute atomic E-state index is 13.2. The maximum atomic E-state index is 13.2. The smallest absolute Gasteiger partial charge is 0.248 e. The average molecular weight is 526 g/mol. The van der Waals surface area contributed by atoms with Crippen LogP contribution in [0.15, 0.2) is 47.4 Å². The van der Waals surface area contributed by atoms with E-state index < -0.39 is 15.9 Å². The molecule has 2 aliphatic heterocycles. The largest absolute Gasteiger partial charge is 0.379 e. The summed E-state index contributed by atoms with van der Waals surface area (Å²) in [7, 11) is -3.72. The van der Waals surface area contributed by atoms with E-state index in [1.165, 1.54) is 16.4 Å². The first kappa shape index (κ1) is 25.0. The standard InChI is InChI=1S/C23H25Cl2N3O5S/c24-18-3-1-17(20(25)15-18)2-6-23(29)26-21-16-19(34(30,31)28-9-13-33-14-10-28)4-5-22(21)27-7-11-32-12-8-27/h1-6,15-16H,7-14H2,(H,26,29)/b6-2+. The quantitative estimate of drug-likeness (QED) is 0.580. The molecule has 2 aromatic rings. The number of ether oxygens (including phenoxy) is 2. The summed E-state index contributed by atoms with van der Waals surface area (Å²) in [6.07, 6.45) is 2.93. The van der Waals surface area contributed by atoms with Crippen molar-refractivity contribution in [2.24, 2.45) is 0 Å². The van der Waals surface area contributed by atoms with Gasteiger partial charge in [0.2, 0.25) is 15.9 Å². The fraction of sp³-hybridized carbons (Fsp3) is 0.348. The third-order valence-corrected chi connectivity index (χ3v) is 8.02. The molecule has 11 heteroatoms. The van der Waals surface area contributed by atoms with E-state index in [4.69, 9.17) is 32.7 Å². The maximum Gasteiger partial charge on any atom is 0.248 e. The zero-order chi connectivity index (χ0) is 24.1. The van der Waals surface area contributed by atoms with Gasteiger partial charge in [0.25, 0.3) is 0 Å². The van der Waals surface area contributed by atoms with Crippen LogP contribution in [0.25, 0.3) is 6.08 Å². The fourth-order valence-corrected chi connectivity index (χ4v) is 5.67. The molecular formula is C23H25Cl2N3O5S. The molecule has 2 heterocycles. The van der Waals surface area contributed by atoms with Gasteiger partial charge in [-0.15, -0.1) is 0 Å². The molecule has 34 heavy (non-hydrogen) atoms. The van der Waals surface area contributed by atoms with Crippen LogP contribution in [0.1, 0.15) is 5.56 Å². The van der Waals surface area contributed by atoms with E-state index in [9.17, 15) is 13.2 Å². The molecule has 0 unspecified atom stereocenters. The first-order valence-electron chi connectivity index (χ1n) is 10.8. The highest BCUT2D eigenvalue weighted by atomic mass is 35.5. The van der Waals surface area contributed by atoms with Crippen LogP contribution in [-0.2, 0) is 24.3 Å². The highest BCUT2D eigenvalue weighted by Gasteiger charge is 2.28. The molecule has 2 aromatic carbocycles. The van der Waals surface area contributed by atoms with Gasteiger partial charge in [0.15, 0.2) is 0 Å². The topological polar surface area (TPSA) is 88.2 Å². The second-order valence-corrected chi connectivity index (χ2v) is 10.6. The number of benzene rings is 2. The van der Waals surface area contributed by atoms with Gasteiger partial charge in [-0.3, -0.25) is 4.79 Å². The number of nitrogens with one attached hydrogen (secondary N) is 1. The fourth-order valence-electron chi connectivity index (χ4n) is 3.77. The van der Waals surface area contributed by atoms with Crippen LogP contribution in [0, 0.1) is 0 Å². The van der Waals surface area contributed by atoms with Crippen LogP contribution in [0.3, 0.4) is 0 Å². The molecule has 2 saturated heterocycles. The number of rotatable bonds is 6. The lowest BCUT2D eigenvalue weighted by atomic mass is 10.2. The molecule has 0 radical (unpaired) electrons. The minimum Gasteiger partial charge on any atom is -0.379 e. The number of carbonyl (C=O) groups is 1. The van der Waals surface area contributed by atoms with Gasteiger partial charge in [0, 0.05) is 42.3 Å². The minimum absolute atomic E-state index is 0.117. The Morgan fingerprint density at radius 3 is 2.29 bits per heavy atom. The summed E-state index contributed by atoms with van der Waals surface area (Å²) in [6.45, 7) is 3.66. The highest BCUT2D eigenvalue weighted by Crippen LogP contribution is 2.31. The first-order valence-corrected chi connectivity index (χ1v) is 13.0. The Labute approximate surface area is 209 Å². The number of hydrogen-bond acceptors (Lipinski definition) is 6. The van der Waals surface area contributed by atoms with E-state index in [-0.39, 0.29) is 4.90 Å². The van der Waals surface area contributed by atoms with E-state index in [2.05, 4.69) is 10.2 Å². The second kappa shape index (κ2) is 11.1. The summed E-state index contributed by atoms with van der Waals surface area (Å²) >= 11 is 12.1. The van der Waals surface area contributed by atoms with E-state index in [1.54, 1.807) is 36.4 Å². The molecular weight excluding hydrogens is 501 g/mol. The van der Waals surface area contributed by atoms with Crippen LogP contribution in [0.4, 0.5) is 11.4 Å². The van der Waals surface area contributed by atoms with Crippen molar-refractivity contribution in [3.63, 3.8) is 0 Å². The molecule has 0 bridgehead atoms. The zero-order valence-electron chi connectivity index (χ0n) is 18.4. The summed E-state index contributed by atoms with van der Waals surface area (Å²) in [5.74, 6) is -0.415. The predicted molar refractivity (Wildman–Crippen MR) is 133 cm³/mol. The Balaban J connectivity index is 1.61. The van der Waals surface area contributed by atoms with Crippen molar-refractivity contribution in [1.82, 2.24) is 4.31 Å². The Bertz CT molecular complexity index is 1180. The van der Waals surface area contributed by atoms with E-state index in [0.717, 1.165) is 5.69 Å². The number of halogens is 2. The first-order chi connectivity index (χ1) is 16.3. The van der Waals surface area contributed by atoms with Gasteiger partial charge >= 0.3 is 0 Å². The lowest BCUT2D eigenvalue weighted by Crippen LogP contribution is -2.40. The molecule has 2 aliphatic rings. The second-order valence-electron chi connectivity index (χ2n) is 7.78. The van der Waals surface area contributed by atoms with Crippen molar-refractivity contribution in [2.75, 3.05) is 62.8 Å². The number of carbonyl (C=O) groups excluding carboxylic acids is 1. The van der Waals surface area contributed by atoms with Crippen molar-refractivity contribution in [2.45, 2.75) is 4.90 Å².